The van der Waals surface area contributed by atoms with Crippen LogP contribution >= 0.6 is 0 Å². The van der Waals surface area contributed by atoms with Gasteiger partial charge in [0.25, 0.3) is 0 Å². The van der Waals surface area contributed by atoms with Gasteiger partial charge in [0.1, 0.15) is 0 Å². The zero-order chi connectivity index (χ0) is 13.1. The summed E-state index contributed by atoms with van der Waals surface area (Å²) < 4.78 is 5.96. The Morgan fingerprint density at radius 2 is 1.74 bits per heavy atom. The van der Waals surface area contributed by atoms with Gasteiger partial charge < -0.3 is 10.5 Å². The molecule has 3 heteroatoms. The Morgan fingerprint density at radius 3 is 2.58 bits per heavy atom. The topological polar surface area (TPSA) is 38.5 Å². The largest absolute Gasteiger partial charge is 0.375 e. The van der Waals surface area contributed by atoms with Crippen LogP contribution in [0, 0.1) is 5.92 Å². The molecule has 3 nitrogen and oxygen atoms in total. The second-order valence-electron chi connectivity index (χ2n) is 6.82. The van der Waals surface area contributed by atoms with Gasteiger partial charge in [0, 0.05) is 25.2 Å². The minimum Gasteiger partial charge on any atom is -0.375 e. The zero-order valence-electron chi connectivity index (χ0n) is 12.2. The Kier molecular flexibility index (Phi) is 4.78. The molecule has 0 spiro atoms. The number of fused-ring (bicyclic) bond motifs is 1. The summed E-state index contributed by atoms with van der Waals surface area (Å²) in [5, 5.41) is 0. The van der Waals surface area contributed by atoms with Gasteiger partial charge in [-0.15, -0.1) is 0 Å². The molecular weight excluding hydrogens is 236 g/mol. The molecule has 3 atom stereocenters. The predicted molar refractivity (Wildman–Crippen MR) is 78.1 cm³/mol. The van der Waals surface area contributed by atoms with Crippen LogP contribution in [0.3, 0.4) is 0 Å². The SMILES string of the molecule is NC(CN1CCOC2CCCCC21)C1CCCCC1. The molecule has 0 radical (unpaired) electrons. The summed E-state index contributed by atoms with van der Waals surface area (Å²) in [6.07, 6.45) is 12.7. The van der Waals surface area contributed by atoms with E-state index in [1.165, 1.54) is 57.8 Å². The molecule has 0 amide bonds. The Bertz CT molecular complexity index is 276. The van der Waals surface area contributed by atoms with Crippen LogP contribution in [0.15, 0.2) is 0 Å². The molecular formula is C16H30N2O. The monoisotopic (exact) mass is 266 g/mol. The Balaban J connectivity index is 1.55. The molecule has 2 N–H and O–H groups in total. The second-order valence-corrected chi connectivity index (χ2v) is 6.82. The van der Waals surface area contributed by atoms with Crippen LogP contribution in [0.4, 0.5) is 0 Å². The minimum atomic E-state index is 0.390. The van der Waals surface area contributed by atoms with Crippen molar-refractivity contribution in [3.63, 3.8) is 0 Å². The van der Waals surface area contributed by atoms with Crippen molar-refractivity contribution in [2.75, 3.05) is 19.7 Å². The van der Waals surface area contributed by atoms with Crippen LogP contribution in [-0.4, -0.2) is 42.8 Å². The second kappa shape index (κ2) is 6.55. The lowest BCUT2D eigenvalue weighted by atomic mass is 9.83. The van der Waals surface area contributed by atoms with Crippen molar-refractivity contribution in [2.24, 2.45) is 11.7 Å². The first-order chi connectivity index (χ1) is 9.34. The molecule has 3 rings (SSSR count). The molecule has 3 unspecified atom stereocenters. The average Bonchev–Trinajstić information content (AvgIpc) is 2.48. The Labute approximate surface area is 117 Å². The summed E-state index contributed by atoms with van der Waals surface area (Å²) in [4.78, 5) is 2.66. The average molecular weight is 266 g/mol. The van der Waals surface area contributed by atoms with E-state index in [9.17, 15) is 0 Å². The summed E-state index contributed by atoms with van der Waals surface area (Å²) in [6, 6.07) is 1.05. The number of ether oxygens (including phenoxy) is 1. The lowest BCUT2D eigenvalue weighted by Crippen LogP contribution is -2.56. The van der Waals surface area contributed by atoms with E-state index in [1.54, 1.807) is 0 Å². The summed E-state index contributed by atoms with van der Waals surface area (Å²) in [6.45, 7) is 3.12. The number of hydrogen-bond acceptors (Lipinski definition) is 3. The van der Waals surface area contributed by atoms with E-state index < -0.39 is 0 Å². The van der Waals surface area contributed by atoms with Crippen LogP contribution < -0.4 is 5.73 Å². The number of rotatable bonds is 3. The minimum absolute atomic E-state index is 0.390. The third-order valence-corrected chi connectivity index (χ3v) is 5.55. The summed E-state index contributed by atoms with van der Waals surface area (Å²) in [5.74, 6) is 0.777. The normalized spacial score (nSPS) is 35.8. The quantitative estimate of drug-likeness (QED) is 0.853. The fraction of sp³-hybridized carbons (Fsp3) is 1.00. The summed E-state index contributed by atoms with van der Waals surface area (Å²) in [5.41, 5.74) is 6.52. The van der Waals surface area contributed by atoms with Gasteiger partial charge in [0.2, 0.25) is 0 Å². The van der Waals surface area contributed by atoms with Gasteiger partial charge >= 0.3 is 0 Å². The Morgan fingerprint density at radius 1 is 1.00 bits per heavy atom. The highest BCUT2D eigenvalue weighted by Crippen LogP contribution is 2.30. The fourth-order valence-electron chi connectivity index (χ4n) is 4.39. The van der Waals surface area contributed by atoms with Crippen molar-refractivity contribution in [1.82, 2.24) is 4.90 Å². The lowest BCUT2D eigenvalue weighted by molar-refractivity contribution is -0.0908. The van der Waals surface area contributed by atoms with E-state index in [2.05, 4.69) is 4.90 Å². The third-order valence-electron chi connectivity index (χ3n) is 5.55. The number of nitrogens with zero attached hydrogens (tertiary/aromatic N) is 1. The van der Waals surface area contributed by atoms with Gasteiger partial charge in [0.05, 0.1) is 12.7 Å². The first-order valence-electron chi connectivity index (χ1n) is 8.46. The fourth-order valence-corrected chi connectivity index (χ4v) is 4.39. The van der Waals surface area contributed by atoms with Crippen LogP contribution in [0.25, 0.3) is 0 Å². The van der Waals surface area contributed by atoms with Crippen molar-refractivity contribution >= 4 is 0 Å². The molecule has 0 aromatic rings. The zero-order valence-corrected chi connectivity index (χ0v) is 12.2. The van der Waals surface area contributed by atoms with Crippen molar-refractivity contribution in [2.45, 2.75) is 76.0 Å². The molecule has 3 aliphatic rings. The highest BCUT2D eigenvalue weighted by molar-refractivity contribution is 4.90. The molecule has 0 bridgehead atoms. The van der Waals surface area contributed by atoms with E-state index in [0.717, 1.165) is 25.6 Å². The standard InChI is InChI=1S/C16H30N2O/c17-14(13-6-2-1-3-7-13)12-18-10-11-19-16-9-5-4-8-15(16)18/h13-16H,1-12,17H2. The smallest absolute Gasteiger partial charge is 0.0730 e. The maximum atomic E-state index is 6.52. The highest BCUT2D eigenvalue weighted by atomic mass is 16.5. The molecule has 1 saturated heterocycles. The van der Waals surface area contributed by atoms with Crippen molar-refractivity contribution in [1.29, 1.82) is 0 Å². The van der Waals surface area contributed by atoms with E-state index >= 15 is 0 Å². The third kappa shape index (κ3) is 3.32. The van der Waals surface area contributed by atoms with Crippen LogP contribution in [0.5, 0.6) is 0 Å². The predicted octanol–water partition coefficient (Wildman–Crippen LogP) is 2.54. The van der Waals surface area contributed by atoms with Gasteiger partial charge in [-0.1, -0.05) is 32.1 Å². The van der Waals surface area contributed by atoms with Gasteiger partial charge in [0.15, 0.2) is 0 Å². The van der Waals surface area contributed by atoms with Gasteiger partial charge in [-0.2, -0.15) is 0 Å². The molecule has 0 aromatic carbocycles. The van der Waals surface area contributed by atoms with E-state index in [1.807, 2.05) is 0 Å². The lowest BCUT2D eigenvalue weighted by Gasteiger charge is -2.45. The molecule has 3 fully saturated rings. The van der Waals surface area contributed by atoms with Crippen LogP contribution in [-0.2, 0) is 4.74 Å². The van der Waals surface area contributed by atoms with Crippen molar-refractivity contribution in [3.05, 3.63) is 0 Å². The molecule has 2 saturated carbocycles. The summed E-state index contributed by atoms with van der Waals surface area (Å²) >= 11 is 0. The first kappa shape index (κ1) is 13.8. The van der Waals surface area contributed by atoms with Gasteiger partial charge in [-0.05, 0) is 31.6 Å². The molecule has 2 aliphatic carbocycles. The number of hydrogen-bond donors (Lipinski definition) is 1. The van der Waals surface area contributed by atoms with Crippen molar-refractivity contribution in [3.8, 4) is 0 Å². The van der Waals surface area contributed by atoms with Gasteiger partial charge in [-0.3, -0.25) is 4.90 Å². The van der Waals surface area contributed by atoms with E-state index in [-0.39, 0.29) is 0 Å². The molecule has 110 valence electrons. The molecule has 1 heterocycles. The maximum Gasteiger partial charge on any atom is 0.0730 e. The molecule has 19 heavy (non-hydrogen) atoms. The van der Waals surface area contributed by atoms with Crippen LogP contribution in [0.1, 0.15) is 57.8 Å². The van der Waals surface area contributed by atoms with Crippen molar-refractivity contribution < 1.29 is 4.74 Å². The first-order valence-corrected chi connectivity index (χ1v) is 8.46. The van der Waals surface area contributed by atoms with E-state index in [4.69, 9.17) is 10.5 Å². The molecule has 0 aromatic heterocycles. The highest BCUT2D eigenvalue weighted by Gasteiger charge is 2.35. The molecule has 1 aliphatic heterocycles. The maximum absolute atomic E-state index is 6.52. The van der Waals surface area contributed by atoms with Gasteiger partial charge in [-0.25, -0.2) is 0 Å². The summed E-state index contributed by atoms with van der Waals surface area (Å²) in [7, 11) is 0. The number of nitrogens with two attached hydrogens (primary N) is 1. The van der Waals surface area contributed by atoms with E-state index in [0.29, 0.717) is 18.2 Å². The number of morpholine rings is 1. The Hall–Kier alpha value is -0.120. The van der Waals surface area contributed by atoms with Crippen LogP contribution in [0.2, 0.25) is 0 Å².